The lowest BCUT2D eigenvalue weighted by atomic mass is 10.2. The Morgan fingerprint density at radius 3 is 2.82 bits per heavy atom. The van der Waals surface area contributed by atoms with Crippen molar-refractivity contribution in [1.82, 2.24) is 34.7 Å². The topological polar surface area (TPSA) is 97.2 Å². The summed E-state index contributed by atoms with van der Waals surface area (Å²) < 4.78 is 15.1. The molecule has 1 aromatic carbocycles. The standard InChI is InChI=1S/C19H15FN8/c1-28-19-13(9-23-28)18(26-17(27-19)11-4-6-21-7-5-11)22-10-16-24-14-3-2-12(20)8-15(14)25-16/h2-9H,10H2,1H3,(H,24,25)(H,22,26,27). The highest BCUT2D eigenvalue weighted by atomic mass is 19.1. The van der Waals surface area contributed by atoms with Crippen molar-refractivity contribution in [3.8, 4) is 11.4 Å². The van der Waals surface area contributed by atoms with Crippen LogP contribution in [-0.4, -0.2) is 34.7 Å². The number of aromatic nitrogens is 7. The molecule has 4 heterocycles. The van der Waals surface area contributed by atoms with Crippen molar-refractivity contribution in [2.24, 2.45) is 7.05 Å². The predicted molar refractivity (Wildman–Crippen MR) is 103 cm³/mol. The lowest BCUT2D eigenvalue weighted by molar-refractivity contribution is 0.629. The number of pyridine rings is 1. The molecule has 5 aromatic rings. The number of nitrogens with one attached hydrogen (secondary N) is 2. The predicted octanol–water partition coefficient (Wildman–Crippen LogP) is 3.05. The molecular weight excluding hydrogens is 359 g/mol. The molecule has 5 rings (SSSR count). The van der Waals surface area contributed by atoms with Gasteiger partial charge in [-0.3, -0.25) is 9.67 Å². The first-order valence-electron chi connectivity index (χ1n) is 8.65. The molecule has 0 saturated heterocycles. The number of H-pyrrole nitrogens is 1. The highest BCUT2D eigenvalue weighted by molar-refractivity contribution is 5.88. The molecule has 0 saturated carbocycles. The fraction of sp³-hybridized carbons (Fsp3) is 0.105. The monoisotopic (exact) mass is 374 g/mol. The summed E-state index contributed by atoms with van der Waals surface area (Å²) in [5, 5.41) is 8.39. The van der Waals surface area contributed by atoms with Crippen molar-refractivity contribution in [3.63, 3.8) is 0 Å². The maximum atomic E-state index is 13.4. The number of hydrogen-bond acceptors (Lipinski definition) is 6. The van der Waals surface area contributed by atoms with Crippen molar-refractivity contribution in [1.29, 1.82) is 0 Å². The van der Waals surface area contributed by atoms with Gasteiger partial charge in [-0.25, -0.2) is 19.3 Å². The van der Waals surface area contributed by atoms with E-state index in [1.807, 2.05) is 19.2 Å². The van der Waals surface area contributed by atoms with Crippen LogP contribution in [0.3, 0.4) is 0 Å². The lowest BCUT2D eigenvalue weighted by Gasteiger charge is -2.08. The molecule has 0 radical (unpaired) electrons. The first-order chi connectivity index (χ1) is 13.7. The zero-order chi connectivity index (χ0) is 19.1. The normalized spacial score (nSPS) is 11.4. The number of hydrogen-bond donors (Lipinski definition) is 2. The first kappa shape index (κ1) is 16.3. The lowest BCUT2D eigenvalue weighted by Crippen LogP contribution is -2.05. The number of benzene rings is 1. The minimum atomic E-state index is -0.300. The van der Waals surface area contributed by atoms with Gasteiger partial charge in [-0.15, -0.1) is 0 Å². The first-order valence-corrected chi connectivity index (χ1v) is 8.65. The Balaban J connectivity index is 1.52. The van der Waals surface area contributed by atoms with Gasteiger partial charge in [0.25, 0.3) is 0 Å². The molecule has 0 aliphatic heterocycles. The van der Waals surface area contributed by atoms with Crippen LogP contribution in [0.2, 0.25) is 0 Å². The second kappa shape index (κ2) is 6.38. The molecule has 9 heteroatoms. The fourth-order valence-electron chi connectivity index (χ4n) is 3.07. The number of anilines is 1. The third kappa shape index (κ3) is 2.82. The molecule has 2 N–H and O–H groups in total. The number of halogens is 1. The quantitative estimate of drug-likeness (QED) is 0.502. The van der Waals surface area contributed by atoms with Gasteiger partial charge >= 0.3 is 0 Å². The smallest absolute Gasteiger partial charge is 0.164 e. The van der Waals surface area contributed by atoms with Crippen LogP contribution in [0.25, 0.3) is 33.5 Å². The third-order valence-corrected chi connectivity index (χ3v) is 4.45. The van der Waals surface area contributed by atoms with Gasteiger partial charge in [-0.1, -0.05) is 0 Å². The van der Waals surface area contributed by atoms with Crippen molar-refractivity contribution < 1.29 is 4.39 Å². The van der Waals surface area contributed by atoms with Gasteiger partial charge in [-0.05, 0) is 30.3 Å². The van der Waals surface area contributed by atoms with Gasteiger partial charge in [0.1, 0.15) is 17.5 Å². The molecule has 0 atom stereocenters. The Kier molecular flexibility index (Phi) is 3.71. The molecule has 0 bridgehead atoms. The molecule has 0 aliphatic rings. The van der Waals surface area contributed by atoms with Crippen LogP contribution in [-0.2, 0) is 13.6 Å². The van der Waals surface area contributed by atoms with Crippen molar-refractivity contribution in [2.45, 2.75) is 6.54 Å². The van der Waals surface area contributed by atoms with E-state index in [0.29, 0.717) is 35.0 Å². The Morgan fingerprint density at radius 2 is 1.96 bits per heavy atom. The van der Waals surface area contributed by atoms with E-state index >= 15 is 0 Å². The van der Waals surface area contributed by atoms with Crippen LogP contribution >= 0.6 is 0 Å². The molecule has 4 aromatic heterocycles. The van der Waals surface area contributed by atoms with Crippen LogP contribution in [0.15, 0.2) is 48.9 Å². The molecule has 28 heavy (non-hydrogen) atoms. The molecule has 0 amide bonds. The number of aromatic amines is 1. The highest BCUT2D eigenvalue weighted by Gasteiger charge is 2.13. The van der Waals surface area contributed by atoms with E-state index in [9.17, 15) is 4.39 Å². The summed E-state index contributed by atoms with van der Waals surface area (Å²) in [6.45, 7) is 0.396. The number of rotatable bonds is 4. The Bertz CT molecular complexity index is 1290. The van der Waals surface area contributed by atoms with Crippen LogP contribution in [0.5, 0.6) is 0 Å². The SMILES string of the molecule is Cn1ncc2c(NCc3nc4ccc(F)cc4[nH]3)nc(-c3ccncc3)nc21. The van der Waals surface area contributed by atoms with Gasteiger partial charge in [0.05, 0.1) is 29.2 Å². The molecule has 0 spiro atoms. The van der Waals surface area contributed by atoms with E-state index in [1.165, 1.54) is 12.1 Å². The van der Waals surface area contributed by atoms with Gasteiger partial charge in [0.2, 0.25) is 0 Å². The van der Waals surface area contributed by atoms with Crippen LogP contribution in [0.1, 0.15) is 5.82 Å². The van der Waals surface area contributed by atoms with E-state index < -0.39 is 0 Å². The van der Waals surface area contributed by atoms with Crippen molar-refractivity contribution in [2.75, 3.05) is 5.32 Å². The van der Waals surface area contributed by atoms with E-state index in [2.05, 4.69) is 35.3 Å². The molecule has 8 nitrogen and oxygen atoms in total. The van der Waals surface area contributed by atoms with Gasteiger partial charge in [0.15, 0.2) is 11.5 Å². The van der Waals surface area contributed by atoms with Gasteiger partial charge in [-0.2, -0.15) is 5.10 Å². The summed E-state index contributed by atoms with van der Waals surface area (Å²) in [7, 11) is 1.84. The number of imidazole rings is 1. The fourth-order valence-corrected chi connectivity index (χ4v) is 3.07. The van der Waals surface area contributed by atoms with Crippen LogP contribution in [0, 0.1) is 5.82 Å². The average Bonchev–Trinajstić information content (AvgIpc) is 3.29. The molecule has 0 fully saturated rings. The van der Waals surface area contributed by atoms with Gasteiger partial charge < -0.3 is 10.3 Å². The number of aryl methyl sites for hydroxylation is 1. The molecular formula is C19H15FN8. The van der Waals surface area contributed by atoms with Crippen molar-refractivity contribution in [3.05, 3.63) is 60.6 Å². The molecule has 138 valence electrons. The number of fused-ring (bicyclic) bond motifs is 2. The highest BCUT2D eigenvalue weighted by Crippen LogP contribution is 2.24. The van der Waals surface area contributed by atoms with E-state index in [0.717, 1.165) is 16.6 Å². The molecule has 0 unspecified atom stereocenters. The second-order valence-corrected chi connectivity index (χ2v) is 6.34. The second-order valence-electron chi connectivity index (χ2n) is 6.34. The van der Waals surface area contributed by atoms with Crippen LogP contribution in [0.4, 0.5) is 10.2 Å². The summed E-state index contributed by atoms with van der Waals surface area (Å²) in [6, 6.07) is 8.18. The Morgan fingerprint density at radius 1 is 1.11 bits per heavy atom. The van der Waals surface area contributed by atoms with E-state index in [-0.39, 0.29) is 5.82 Å². The molecule has 0 aliphatic carbocycles. The summed E-state index contributed by atoms with van der Waals surface area (Å²) in [5.41, 5.74) is 2.95. The van der Waals surface area contributed by atoms with E-state index in [1.54, 1.807) is 29.3 Å². The largest absolute Gasteiger partial charge is 0.362 e. The van der Waals surface area contributed by atoms with Crippen molar-refractivity contribution >= 4 is 27.9 Å². The zero-order valence-electron chi connectivity index (χ0n) is 14.9. The number of nitrogens with zero attached hydrogens (tertiary/aromatic N) is 6. The summed E-state index contributed by atoms with van der Waals surface area (Å²) in [4.78, 5) is 20.9. The summed E-state index contributed by atoms with van der Waals surface area (Å²) >= 11 is 0. The summed E-state index contributed by atoms with van der Waals surface area (Å²) in [5.74, 6) is 1.61. The Labute approximate surface area is 158 Å². The minimum Gasteiger partial charge on any atom is -0.362 e. The van der Waals surface area contributed by atoms with Gasteiger partial charge in [0, 0.05) is 25.0 Å². The maximum Gasteiger partial charge on any atom is 0.164 e. The zero-order valence-corrected chi connectivity index (χ0v) is 14.9. The minimum absolute atomic E-state index is 0.300. The third-order valence-electron chi connectivity index (χ3n) is 4.45. The average molecular weight is 374 g/mol. The van der Waals surface area contributed by atoms with E-state index in [4.69, 9.17) is 0 Å². The van der Waals surface area contributed by atoms with Crippen LogP contribution < -0.4 is 5.32 Å². The summed E-state index contributed by atoms with van der Waals surface area (Å²) in [6.07, 6.45) is 5.13. The maximum absolute atomic E-state index is 13.4. The Hall–Kier alpha value is -3.88.